The first kappa shape index (κ1) is 16.2. The van der Waals surface area contributed by atoms with Gasteiger partial charge in [-0.3, -0.25) is 0 Å². The van der Waals surface area contributed by atoms with Gasteiger partial charge in [-0.15, -0.1) is 0 Å². The fourth-order valence-electron chi connectivity index (χ4n) is 2.56. The van der Waals surface area contributed by atoms with Crippen LogP contribution in [0.25, 0.3) is 0 Å². The van der Waals surface area contributed by atoms with Crippen molar-refractivity contribution in [2.24, 2.45) is 5.92 Å². The molecule has 18 heavy (non-hydrogen) atoms. The van der Waals surface area contributed by atoms with E-state index in [2.05, 4.69) is 68.1 Å². The van der Waals surface area contributed by atoms with Crippen molar-refractivity contribution in [2.45, 2.75) is 57.1 Å². The van der Waals surface area contributed by atoms with Crippen LogP contribution in [0.5, 0.6) is 0 Å². The monoisotopic (exact) mass is 648 g/mol. The van der Waals surface area contributed by atoms with Gasteiger partial charge < -0.3 is 0 Å². The molecule has 0 aromatic carbocycles. The van der Waals surface area contributed by atoms with Gasteiger partial charge in [-0.1, -0.05) is 0 Å². The van der Waals surface area contributed by atoms with Gasteiger partial charge in [-0.25, -0.2) is 0 Å². The molecule has 0 spiro atoms. The van der Waals surface area contributed by atoms with Gasteiger partial charge in [0.25, 0.3) is 0 Å². The maximum atomic E-state index is 2.24. The van der Waals surface area contributed by atoms with Gasteiger partial charge in [-0.05, 0) is 0 Å². The molecule has 3 aliphatic heterocycles. The van der Waals surface area contributed by atoms with Crippen molar-refractivity contribution in [3.63, 3.8) is 0 Å². The van der Waals surface area contributed by atoms with Crippen LogP contribution in [0.1, 0.15) is 25.7 Å². The molecule has 0 aliphatic carbocycles. The summed E-state index contributed by atoms with van der Waals surface area (Å²) in [5.41, 5.74) is 0. The molecule has 3 saturated heterocycles. The van der Waals surface area contributed by atoms with E-state index in [0.717, 1.165) is 52.9 Å². The molecule has 3 fully saturated rings. The summed E-state index contributed by atoms with van der Waals surface area (Å²) < 4.78 is 3.74. The van der Waals surface area contributed by atoms with Crippen LogP contribution >= 0.6 is 23.5 Å². The minimum atomic E-state index is 1.02. The Morgan fingerprint density at radius 1 is 0.944 bits per heavy atom. The minimum absolute atomic E-state index is 1.02. The van der Waals surface area contributed by atoms with Crippen molar-refractivity contribution < 1.29 is 0 Å². The van der Waals surface area contributed by atoms with E-state index in [1.54, 1.807) is 35.2 Å². The van der Waals surface area contributed by atoms with Crippen LogP contribution in [-0.2, 0) is 0 Å². The molecule has 6 heteroatoms. The molecule has 6 unspecified atom stereocenters. The molecule has 0 aromatic heterocycles. The molecule has 0 amide bonds. The van der Waals surface area contributed by atoms with E-state index in [4.69, 9.17) is 0 Å². The molecule has 0 saturated carbocycles. The first-order valence-corrected chi connectivity index (χ1v) is 16.1. The van der Waals surface area contributed by atoms with Crippen molar-refractivity contribution in [3.05, 3.63) is 0 Å². The molecule has 0 radical (unpaired) electrons. The maximum absolute atomic E-state index is 2.24. The van der Waals surface area contributed by atoms with E-state index in [1.165, 1.54) is 4.82 Å². The summed E-state index contributed by atoms with van der Waals surface area (Å²) in [4.78, 5) is 1.18. The topological polar surface area (TPSA) is 0 Å². The summed E-state index contributed by atoms with van der Waals surface area (Å²) >= 11 is 10.6. The third-order valence-electron chi connectivity index (χ3n) is 3.89. The van der Waals surface area contributed by atoms with Crippen molar-refractivity contribution in [3.8, 4) is 0 Å². The van der Waals surface area contributed by atoms with Crippen molar-refractivity contribution in [2.75, 3.05) is 0 Å². The van der Waals surface area contributed by atoms with Gasteiger partial charge in [0.2, 0.25) is 0 Å². The Morgan fingerprint density at radius 2 is 1.56 bits per heavy atom. The van der Waals surface area contributed by atoms with Crippen LogP contribution in [0.3, 0.4) is 0 Å². The van der Waals surface area contributed by atoms with E-state index >= 15 is 0 Å². The van der Waals surface area contributed by atoms with E-state index in [1.807, 2.05) is 0 Å². The summed E-state index contributed by atoms with van der Waals surface area (Å²) in [5.74, 6) is 1.15. The molecule has 3 aliphatic rings. The molecule has 0 aromatic rings. The van der Waals surface area contributed by atoms with E-state index in [-0.39, 0.29) is 0 Å². The second kappa shape index (κ2) is 7.73. The average Bonchev–Trinajstić information content (AvgIpc) is 3.26. The standard InChI is InChI=1S/C12H20S2Se2Te2/c17-11-8(13-11)2-1-7-5-15-6-16-10(7)4-3-9-12(18)14-9/h7-12,17-18H,1-6H2. The molecular weight excluding hydrogens is 621 g/mol. The van der Waals surface area contributed by atoms with Gasteiger partial charge in [0, 0.05) is 0 Å². The Labute approximate surface area is 159 Å². The Bertz CT molecular complexity index is 267. The SMILES string of the molecule is [TeH]C1SC1CCC1C[Se]C[Se]C1CCC1SC1[TeH]. The molecule has 3 heterocycles. The van der Waals surface area contributed by atoms with Gasteiger partial charge in [0.1, 0.15) is 0 Å². The van der Waals surface area contributed by atoms with E-state index in [0.29, 0.717) is 0 Å². The van der Waals surface area contributed by atoms with Crippen LogP contribution in [0.4, 0.5) is 0 Å². The van der Waals surface area contributed by atoms with E-state index < -0.39 is 0 Å². The van der Waals surface area contributed by atoms with Crippen LogP contribution in [-0.4, -0.2) is 91.6 Å². The Kier molecular flexibility index (Phi) is 6.95. The number of hydrogen-bond acceptors (Lipinski definition) is 2. The predicted octanol–water partition coefficient (Wildman–Crippen LogP) is 1.85. The second-order valence-electron chi connectivity index (χ2n) is 5.24. The van der Waals surface area contributed by atoms with Gasteiger partial charge in [-0.2, -0.15) is 0 Å². The summed E-state index contributed by atoms with van der Waals surface area (Å²) in [5, 5.41) is 3.78. The van der Waals surface area contributed by atoms with E-state index in [9.17, 15) is 0 Å². The van der Waals surface area contributed by atoms with Crippen molar-refractivity contribution in [1.29, 1.82) is 0 Å². The Hall–Kier alpha value is 3.32. The zero-order valence-corrected chi connectivity index (χ0v) is 20.4. The summed E-state index contributed by atoms with van der Waals surface area (Å²) in [7, 11) is 0. The predicted molar refractivity (Wildman–Crippen MR) is 91.5 cm³/mol. The van der Waals surface area contributed by atoms with Crippen LogP contribution in [0.2, 0.25) is 14.4 Å². The number of thioether (sulfide) groups is 2. The number of rotatable bonds is 6. The first-order chi connectivity index (χ1) is 8.74. The molecular formula is C12H20S2Se2Te2. The fourth-order valence-corrected chi connectivity index (χ4v) is 16.0. The first-order valence-electron chi connectivity index (χ1n) is 6.60. The molecule has 6 atom stereocenters. The van der Waals surface area contributed by atoms with Crippen molar-refractivity contribution >= 4 is 98.0 Å². The van der Waals surface area contributed by atoms with Gasteiger partial charge in [0.15, 0.2) is 0 Å². The molecule has 0 bridgehead atoms. The summed E-state index contributed by atoms with van der Waals surface area (Å²) in [6, 6.07) is 0. The molecule has 104 valence electrons. The molecule has 3 rings (SSSR count). The Morgan fingerprint density at radius 3 is 2.17 bits per heavy atom. The average molecular weight is 642 g/mol. The quantitative estimate of drug-likeness (QED) is 0.321. The molecule has 0 nitrogen and oxygen atoms in total. The third kappa shape index (κ3) is 4.91. The van der Waals surface area contributed by atoms with Crippen LogP contribution in [0, 0.1) is 5.92 Å². The zero-order valence-electron chi connectivity index (χ0n) is 10.2. The number of hydrogen-bond donors (Lipinski definition) is 0. The second-order valence-corrected chi connectivity index (χ2v) is 19.9. The van der Waals surface area contributed by atoms with Gasteiger partial charge >= 0.3 is 161 Å². The zero-order chi connectivity index (χ0) is 12.5. The summed E-state index contributed by atoms with van der Waals surface area (Å²) in [6.07, 6.45) is 6.28. The van der Waals surface area contributed by atoms with Gasteiger partial charge in [0.05, 0.1) is 0 Å². The molecule has 0 N–H and O–H groups in total. The third-order valence-corrected chi connectivity index (χ3v) is 19.1. The fraction of sp³-hybridized carbons (Fsp3) is 1.00. The van der Waals surface area contributed by atoms with Crippen LogP contribution < -0.4 is 0 Å². The summed E-state index contributed by atoms with van der Waals surface area (Å²) in [6.45, 7) is 0. The van der Waals surface area contributed by atoms with Crippen LogP contribution in [0.15, 0.2) is 0 Å². The Balaban J connectivity index is 1.40. The normalized spacial score (nSPS) is 47.0. The van der Waals surface area contributed by atoms with Crippen molar-refractivity contribution in [1.82, 2.24) is 0 Å².